The molecule has 0 aromatic heterocycles. The first-order valence-corrected chi connectivity index (χ1v) is 6.64. The minimum Gasteiger partial charge on any atom is -0.439 e. The van der Waals surface area contributed by atoms with E-state index in [9.17, 15) is 10.1 Å². The van der Waals surface area contributed by atoms with Gasteiger partial charge in [-0.1, -0.05) is 12.1 Å². The van der Waals surface area contributed by atoms with Crippen molar-refractivity contribution in [1.29, 1.82) is 0 Å². The zero-order valence-corrected chi connectivity index (χ0v) is 11.8. The zero-order chi connectivity index (χ0) is 15.5. The third-order valence-electron chi connectivity index (χ3n) is 3.27. The molecule has 3 rings (SSSR count). The fourth-order valence-corrected chi connectivity index (χ4v) is 2.11. The Morgan fingerprint density at radius 1 is 1.18 bits per heavy atom. The van der Waals surface area contributed by atoms with Crippen LogP contribution in [0.1, 0.15) is 0 Å². The van der Waals surface area contributed by atoms with Crippen molar-refractivity contribution >= 4 is 23.3 Å². The standard InChI is InChI=1S/C16H13N3O3/c1-18-14-4-2-3-5-15(14)22-16(18)10-11-17-12-6-8-13(9-7-12)19(20)21/h2-11H,1H3/b16-10+,17-11?. The maximum atomic E-state index is 10.6. The number of allylic oxidation sites excluding steroid dienone is 1. The number of aliphatic imine (C=N–C) groups is 1. The summed E-state index contributed by atoms with van der Waals surface area (Å²) in [6, 6.07) is 13.8. The first-order valence-electron chi connectivity index (χ1n) is 6.64. The highest BCUT2D eigenvalue weighted by Gasteiger charge is 2.21. The van der Waals surface area contributed by atoms with Gasteiger partial charge < -0.3 is 9.64 Å². The first kappa shape index (κ1) is 13.8. The van der Waals surface area contributed by atoms with Crippen LogP contribution in [0.5, 0.6) is 5.75 Å². The predicted octanol–water partition coefficient (Wildman–Crippen LogP) is 3.67. The van der Waals surface area contributed by atoms with Crippen LogP contribution in [0.15, 0.2) is 65.5 Å². The number of non-ortho nitro benzene ring substituents is 1. The predicted molar refractivity (Wildman–Crippen MR) is 84.8 cm³/mol. The number of hydrogen-bond acceptors (Lipinski definition) is 5. The van der Waals surface area contributed by atoms with Gasteiger partial charge in [-0.05, 0) is 24.3 Å². The molecule has 6 heteroatoms. The summed E-state index contributed by atoms with van der Waals surface area (Å²) in [5.41, 5.74) is 1.68. The fourth-order valence-electron chi connectivity index (χ4n) is 2.11. The molecule has 0 radical (unpaired) electrons. The third kappa shape index (κ3) is 2.67. The van der Waals surface area contributed by atoms with Gasteiger partial charge in [0, 0.05) is 31.5 Å². The van der Waals surface area contributed by atoms with Crippen molar-refractivity contribution in [1.82, 2.24) is 0 Å². The minimum atomic E-state index is -0.436. The quantitative estimate of drug-likeness (QED) is 0.492. The Hall–Kier alpha value is -3.15. The number of anilines is 1. The van der Waals surface area contributed by atoms with Crippen LogP contribution in [-0.2, 0) is 0 Å². The molecule has 1 heterocycles. The molecular weight excluding hydrogens is 282 g/mol. The average molecular weight is 295 g/mol. The number of benzene rings is 2. The van der Waals surface area contributed by atoms with Crippen LogP contribution in [0, 0.1) is 10.1 Å². The maximum absolute atomic E-state index is 10.6. The van der Waals surface area contributed by atoms with Crippen molar-refractivity contribution < 1.29 is 9.66 Å². The lowest BCUT2D eigenvalue weighted by Gasteiger charge is -2.09. The van der Waals surface area contributed by atoms with Crippen molar-refractivity contribution in [2.45, 2.75) is 0 Å². The van der Waals surface area contributed by atoms with Gasteiger partial charge in [0.1, 0.15) is 0 Å². The number of rotatable bonds is 3. The average Bonchev–Trinajstić information content (AvgIpc) is 2.85. The van der Waals surface area contributed by atoms with E-state index in [1.807, 2.05) is 36.2 Å². The Kier molecular flexibility index (Phi) is 3.57. The van der Waals surface area contributed by atoms with Gasteiger partial charge in [-0.3, -0.25) is 15.1 Å². The third-order valence-corrected chi connectivity index (χ3v) is 3.27. The second-order valence-corrected chi connectivity index (χ2v) is 4.69. The van der Waals surface area contributed by atoms with Crippen LogP contribution in [0.3, 0.4) is 0 Å². The molecule has 1 aliphatic rings. The lowest BCUT2D eigenvalue weighted by molar-refractivity contribution is -0.384. The van der Waals surface area contributed by atoms with Crippen molar-refractivity contribution in [2.24, 2.45) is 4.99 Å². The molecule has 0 fully saturated rings. The molecule has 0 amide bonds. The van der Waals surface area contributed by atoms with Gasteiger partial charge in [0.05, 0.1) is 16.3 Å². The van der Waals surface area contributed by atoms with E-state index in [1.165, 1.54) is 12.1 Å². The molecule has 2 aromatic carbocycles. The van der Waals surface area contributed by atoms with Crippen LogP contribution in [0.2, 0.25) is 0 Å². The molecule has 6 nitrogen and oxygen atoms in total. The Morgan fingerprint density at radius 3 is 2.59 bits per heavy atom. The minimum absolute atomic E-state index is 0.0478. The van der Waals surface area contributed by atoms with Crippen LogP contribution >= 0.6 is 0 Å². The first-order chi connectivity index (χ1) is 10.6. The Morgan fingerprint density at radius 2 is 1.91 bits per heavy atom. The Balaban J connectivity index is 1.73. The lowest BCUT2D eigenvalue weighted by Crippen LogP contribution is -2.13. The summed E-state index contributed by atoms with van der Waals surface area (Å²) >= 11 is 0. The van der Waals surface area contributed by atoms with Gasteiger partial charge in [-0.25, -0.2) is 0 Å². The summed E-state index contributed by atoms with van der Waals surface area (Å²) in [5.74, 6) is 1.48. The van der Waals surface area contributed by atoms with Crippen molar-refractivity contribution in [2.75, 3.05) is 11.9 Å². The number of nitro groups is 1. The lowest BCUT2D eigenvalue weighted by atomic mass is 10.3. The molecule has 0 saturated carbocycles. The zero-order valence-electron chi connectivity index (χ0n) is 11.8. The monoisotopic (exact) mass is 295 g/mol. The number of ether oxygens (including phenoxy) is 1. The number of nitrogens with zero attached hydrogens (tertiary/aromatic N) is 3. The molecule has 0 unspecified atom stereocenters. The van der Waals surface area contributed by atoms with Crippen molar-refractivity contribution in [3.8, 4) is 5.75 Å². The largest absolute Gasteiger partial charge is 0.439 e. The van der Waals surface area contributed by atoms with E-state index in [2.05, 4.69) is 4.99 Å². The van der Waals surface area contributed by atoms with E-state index >= 15 is 0 Å². The number of fused-ring (bicyclic) bond motifs is 1. The van der Waals surface area contributed by atoms with Crippen LogP contribution < -0.4 is 9.64 Å². The molecular formula is C16H13N3O3. The van der Waals surface area contributed by atoms with E-state index in [0.717, 1.165) is 11.4 Å². The number of hydrogen-bond donors (Lipinski definition) is 0. The van der Waals surface area contributed by atoms with Gasteiger partial charge in [-0.2, -0.15) is 0 Å². The second kappa shape index (κ2) is 5.69. The molecule has 0 aliphatic carbocycles. The highest BCUT2D eigenvalue weighted by molar-refractivity contribution is 5.78. The molecule has 0 atom stereocenters. The van der Waals surface area contributed by atoms with E-state index in [1.54, 1.807) is 24.4 Å². The van der Waals surface area contributed by atoms with Gasteiger partial charge in [0.15, 0.2) is 5.75 Å². The van der Waals surface area contributed by atoms with Gasteiger partial charge in [0.2, 0.25) is 5.88 Å². The molecule has 2 aromatic rings. The summed E-state index contributed by atoms with van der Waals surface area (Å²) in [6.07, 6.45) is 3.36. The number of nitro benzene ring substituents is 1. The van der Waals surface area contributed by atoms with Crippen LogP contribution in [0.4, 0.5) is 17.1 Å². The number of para-hydroxylation sites is 2. The smallest absolute Gasteiger partial charge is 0.269 e. The molecule has 1 aliphatic heterocycles. The summed E-state index contributed by atoms with van der Waals surface area (Å²) in [4.78, 5) is 16.3. The second-order valence-electron chi connectivity index (χ2n) is 4.69. The molecule has 0 spiro atoms. The van der Waals surface area contributed by atoms with Gasteiger partial charge in [0.25, 0.3) is 5.69 Å². The Labute approximate surface area is 127 Å². The molecule has 110 valence electrons. The highest BCUT2D eigenvalue weighted by atomic mass is 16.6. The summed E-state index contributed by atoms with van der Waals surface area (Å²) in [7, 11) is 1.91. The summed E-state index contributed by atoms with van der Waals surface area (Å²) in [6.45, 7) is 0. The topological polar surface area (TPSA) is 68.0 Å². The van der Waals surface area contributed by atoms with Crippen molar-refractivity contribution in [3.63, 3.8) is 0 Å². The summed E-state index contributed by atoms with van der Waals surface area (Å²) in [5, 5.41) is 10.6. The van der Waals surface area contributed by atoms with Gasteiger partial charge >= 0.3 is 0 Å². The highest BCUT2D eigenvalue weighted by Crippen LogP contribution is 2.36. The Bertz CT molecular complexity index is 766. The van der Waals surface area contributed by atoms with Crippen molar-refractivity contribution in [3.05, 3.63) is 70.6 Å². The van der Waals surface area contributed by atoms with E-state index in [-0.39, 0.29) is 5.69 Å². The maximum Gasteiger partial charge on any atom is 0.269 e. The van der Waals surface area contributed by atoms with Crippen LogP contribution in [-0.4, -0.2) is 18.2 Å². The molecule has 0 N–H and O–H groups in total. The SMILES string of the molecule is CN1/C(=C\C=Nc2ccc([N+](=O)[O-])cc2)Oc2ccccc21. The van der Waals surface area contributed by atoms with Gasteiger partial charge in [-0.15, -0.1) is 0 Å². The van der Waals surface area contributed by atoms with E-state index in [4.69, 9.17) is 4.74 Å². The van der Waals surface area contributed by atoms with E-state index in [0.29, 0.717) is 11.6 Å². The fraction of sp³-hybridized carbons (Fsp3) is 0.0625. The molecule has 0 saturated heterocycles. The molecule has 22 heavy (non-hydrogen) atoms. The van der Waals surface area contributed by atoms with Crippen LogP contribution in [0.25, 0.3) is 0 Å². The summed E-state index contributed by atoms with van der Waals surface area (Å²) < 4.78 is 5.71. The molecule has 0 bridgehead atoms. The van der Waals surface area contributed by atoms with E-state index < -0.39 is 4.92 Å². The normalized spacial score (nSPS) is 15.1.